The molecule has 7 heteroatoms. The number of carbonyl (C=O) groups is 1. The first-order valence-corrected chi connectivity index (χ1v) is 7.63. The summed E-state index contributed by atoms with van der Waals surface area (Å²) in [4.78, 5) is 13.4. The third kappa shape index (κ3) is 4.16. The van der Waals surface area contributed by atoms with Gasteiger partial charge in [0.2, 0.25) is 0 Å². The SMILES string of the molecule is CN(CCO)C(=O)N[C@H]1CCC[C@@H]1c1ccccc1C(F)(F)F. The van der Waals surface area contributed by atoms with Crippen molar-refractivity contribution >= 4 is 6.03 Å². The molecule has 0 radical (unpaired) electrons. The van der Waals surface area contributed by atoms with Crippen LogP contribution in [0.5, 0.6) is 0 Å². The molecule has 1 aliphatic rings. The van der Waals surface area contributed by atoms with Crippen LogP contribution in [0.2, 0.25) is 0 Å². The Kier molecular flexibility index (Phi) is 5.51. The minimum Gasteiger partial charge on any atom is -0.395 e. The summed E-state index contributed by atoms with van der Waals surface area (Å²) in [7, 11) is 1.54. The van der Waals surface area contributed by atoms with Crippen molar-refractivity contribution in [3.05, 3.63) is 35.4 Å². The number of benzene rings is 1. The summed E-state index contributed by atoms with van der Waals surface area (Å²) in [5, 5.41) is 11.7. The number of amides is 2. The topological polar surface area (TPSA) is 52.6 Å². The molecule has 2 N–H and O–H groups in total. The van der Waals surface area contributed by atoms with Gasteiger partial charge in [-0.15, -0.1) is 0 Å². The number of halogens is 3. The zero-order chi connectivity index (χ0) is 17.0. The number of alkyl halides is 3. The Morgan fingerprint density at radius 2 is 2.04 bits per heavy atom. The van der Waals surface area contributed by atoms with E-state index in [1.54, 1.807) is 13.1 Å². The Labute approximate surface area is 133 Å². The Balaban J connectivity index is 2.18. The van der Waals surface area contributed by atoms with Crippen LogP contribution in [0.3, 0.4) is 0 Å². The van der Waals surface area contributed by atoms with Crippen molar-refractivity contribution < 1.29 is 23.1 Å². The number of aliphatic hydroxyl groups excluding tert-OH is 1. The molecule has 23 heavy (non-hydrogen) atoms. The van der Waals surface area contributed by atoms with Gasteiger partial charge in [-0.2, -0.15) is 13.2 Å². The Hall–Kier alpha value is -1.76. The molecule has 2 amide bonds. The highest BCUT2D eigenvalue weighted by Gasteiger charge is 2.38. The molecule has 2 rings (SSSR count). The summed E-state index contributed by atoms with van der Waals surface area (Å²) in [5.74, 6) is -0.348. The fourth-order valence-electron chi connectivity index (χ4n) is 3.10. The minimum absolute atomic E-state index is 0.158. The number of nitrogens with zero attached hydrogens (tertiary/aromatic N) is 1. The van der Waals surface area contributed by atoms with Crippen LogP contribution < -0.4 is 5.32 Å². The van der Waals surface area contributed by atoms with E-state index in [1.165, 1.54) is 17.0 Å². The van der Waals surface area contributed by atoms with Crippen LogP contribution in [0.4, 0.5) is 18.0 Å². The third-order valence-electron chi connectivity index (χ3n) is 4.27. The van der Waals surface area contributed by atoms with Gasteiger partial charge in [0.1, 0.15) is 0 Å². The van der Waals surface area contributed by atoms with Crippen LogP contribution in [-0.4, -0.2) is 42.3 Å². The predicted octanol–water partition coefficient (Wildman–Crippen LogP) is 2.98. The quantitative estimate of drug-likeness (QED) is 0.892. The second kappa shape index (κ2) is 7.21. The van der Waals surface area contributed by atoms with Gasteiger partial charge in [-0.05, 0) is 24.5 Å². The van der Waals surface area contributed by atoms with Gasteiger partial charge in [-0.25, -0.2) is 4.79 Å². The molecular weight excluding hydrogens is 309 g/mol. The fraction of sp³-hybridized carbons (Fsp3) is 0.562. The summed E-state index contributed by atoms with van der Waals surface area (Å²) in [6.07, 6.45) is -2.37. The first-order chi connectivity index (χ1) is 10.8. The molecule has 4 nitrogen and oxygen atoms in total. The molecule has 1 aromatic rings. The standard InChI is InChI=1S/C16H21F3N2O2/c1-21(9-10-22)15(23)20-14-8-4-6-12(14)11-5-2-3-7-13(11)16(17,18)19/h2-3,5,7,12,14,22H,4,6,8-10H2,1H3,(H,20,23)/t12-,14+/m1/s1. The van der Waals surface area contributed by atoms with Gasteiger partial charge < -0.3 is 15.3 Å². The summed E-state index contributed by atoms with van der Waals surface area (Å²) in [6.45, 7) is 0.0251. The first kappa shape index (κ1) is 17.6. The van der Waals surface area contributed by atoms with E-state index in [4.69, 9.17) is 5.11 Å². The second-order valence-corrected chi connectivity index (χ2v) is 5.82. The molecular formula is C16H21F3N2O2. The van der Waals surface area contributed by atoms with E-state index in [0.717, 1.165) is 12.5 Å². The van der Waals surface area contributed by atoms with E-state index in [2.05, 4.69) is 5.32 Å². The zero-order valence-electron chi connectivity index (χ0n) is 12.9. The molecule has 0 bridgehead atoms. The molecule has 0 saturated heterocycles. The molecule has 0 aromatic heterocycles. The van der Waals surface area contributed by atoms with Gasteiger partial charge in [0.25, 0.3) is 0 Å². The van der Waals surface area contributed by atoms with Gasteiger partial charge in [0.05, 0.1) is 12.2 Å². The largest absolute Gasteiger partial charge is 0.416 e. The van der Waals surface area contributed by atoms with Gasteiger partial charge in [-0.1, -0.05) is 24.6 Å². The van der Waals surface area contributed by atoms with Crippen LogP contribution in [-0.2, 0) is 6.18 Å². The van der Waals surface area contributed by atoms with Crippen molar-refractivity contribution in [1.29, 1.82) is 0 Å². The molecule has 2 atom stereocenters. The van der Waals surface area contributed by atoms with Crippen molar-refractivity contribution in [2.75, 3.05) is 20.2 Å². The molecule has 1 fully saturated rings. The van der Waals surface area contributed by atoms with E-state index in [0.29, 0.717) is 12.8 Å². The number of aliphatic hydroxyl groups is 1. The number of carbonyl (C=O) groups excluding carboxylic acids is 1. The number of urea groups is 1. The van der Waals surface area contributed by atoms with Crippen molar-refractivity contribution in [3.63, 3.8) is 0 Å². The van der Waals surface area contributed by atoms with Crippen LogP contribution in [0.25, 0.3) is 0 Å². The van der Waals surface area contributed by atoms with E-state index < -0.39 is 11.7 Å². The van der Waals surface area contributed by atoms with Crippen LogP contribution in [0.15, 0.2) is 24.3 Å². The Morgan fingerprint density at radius 1 is 1.35 bits per heavy atom. The molecule has 128 valence electrons. The lowest BCUT2D eigenvalue weighted by molar-refractivity contribution is -0.138. The molecule has 0 unspecified atom stereocenters. The second-order valence-electron chi connectivity index (χ2n) is 5.82. The predicted molar refractivity (Wildman–Crippen MR) is 80.1 cm³/mol. The lowest BCUT2D eigenvalue weighted by Gasteiger charge is -2.26. The van der Waals surface area contributed by atoms with E-state index in [-0.39, 0.29) is 36.7 Å². The third-order valence-corrected chi connectivity index (χ3v) is 4.27. The summed E-state index contributed by atoms with van der Waals surface area (Å²) in [6, 6.07) is 4.86. The molecule has 1 saturated carbocycles. The van der Waals surface area contributed by atoms with Gasteiger partial charge >= 0.3 is 12.2 Å². The Morgan fingerprint density at radius 3 is 2.70 bits per heavy atom. The summed E-state index contributed by atoms with van der Waals surface area (Å²) >= 11 is 0. The highest BCUT2D eigenvalue weighted by molar-refractivity contribution is 5.74. The van der Waals surface area contributed by atoms with Crippen LogP contribution >= 0.6 is 0 Å². The Bertz CT molecular complexity index is 548. The smallest absolute Gasteiger partial charge is 0.395 e. The lowest BCUT2D eigenvalue weighted by Crippen LogP contribution is -2.45. The number of hydrogen-bond acceptors (Lipinski definition) is 2. The maximum absolute atomic E-state index is 13.2. The van der Waals surface area contributed by atoms with E-state index in [1.807, 2.05) is 0 Å². The molecule has 0 heterocycles. The van der Waals surface area contributed by atoms with Crippen molar-refractivity contribution in [3.8, 4) is 0 Å². The highest BCUT2D eigenvalue weighted by Crippen LogP contribution is 2.41. The van der Waals surface area contributed by atoms with Gasteiger partial charge in [0.15, 0.2) is 0 Å². The number of hydrogen-bond donors (Lipinski definition) is 2. The molecule has 1 aliphatic carbocycles. The minimum atomic E-state index is -4.40. The monoisotopic (exact) mass is 330 g/mol. The maximum atomic E-state index is 13.2. The summed E-state index contributed by atoms with van der Waals surface area (Å²) in [5.41, 5.74) is -0.387. The van der Waals surface area contributed by atoms with E-state index >= 15 is 0 Å². The van der Waals surface area contributed by atoms with Gasteiger partial charge in [-0.3, -0.25) is 0 Å². The van der Waals surface area contributed by atoms with Crippen molar-refractivity contribution in [2.45, 2.75) is 37.4 Å². The van der Waals surface area contributed by atoms with E-state index in [9.17, 15) is 18.0 Å². The summed E-state index contributed by atoms with van der Waals surface area (Å²) < 4.78 is 39.6. The van der Waals surface area contributed by atoms with Crippen molar-refractivity contribution in [2.24, 2.45) is 0 Å². The molecule has 1 aromatic carbocycles. The average Bonchev–Trinajstić information content (AvgIpc) is 2.94. The van der Waals surface area contributed by atoms with Gasteiger partial charge in [0, 0.05) is 25.6 Å². The molecule has 0 spiro atoms. The number of rotatable bonds is 4. The lowest BCUT2D eigenvalue weighted by atomic mass is 9.90. The zero-order valence-corrected chi connectivity index (χ0v) is 12.9. The first-order valence-electron chi connectivity index (χ1n) is 7.63. The maximum Gasteiger partial charge on any atom is 0.416 e. The normalized spacial score (nSPS) is 21.3. The fourth-order valence-corrected chi connectivity index (χ4v) is 3.10. The van der Waals surface area contributed by atoms with Crippen LogP contribution in [0.1, 0.15) is 36.3 Å². The molecule has 0 aliphatic heterocycles. The highest BCUT2D eigenvalue weighted by atomic mass is 19.4. The number of likely N-dealkylation sites (N-methyl/N-ethyl adjacent to an activating group) is 1. The number of nitrogens with one attached hydrogen (secondary N) is 1. The average molecular weight is 330 g/mol. The van der Waals surface area contributed by atoms with Crippen molar-refractivity contribution in [1.82, 2.24) is 10.2 Å². The van der Waals surface area contributed by atoms with Crippen LogP contribution in [0, 0.1) is 0 Å².